The van der Waals surface area contributed by atoms with Crippen LogP contribution in [-0.4, -0.2) is 46.5 Å². The molecule has 0 aromatic heterocycles. The van der Waals surface area contributed by atoms with Crippen LogP contribution >= 0.6 is 12.4 Å². The predicted molar refractivity (Wildman–Crippen MR) is 39.2 cm³/mol. The van der Waals surface area contributed by atoms with Gasteiger partial charge < -0.3 is 25.8 Å². The molecule has 7 heteroatoms. The van der Waals surface area contributed by atoms with Crippen molar-refractivity contribution < 1.29 is 41.1 Å². The summed E-state index contributed by atoms with van der Waals surface area (Å²) >= 11 is 0. The first-order chi connectivity index (χ1) is 4.63. The smallest absolute Gasteiger partial charge is 0.134 e. The fraction of sp³-hybridized carbons (Fsp3) is 1.00. The van der Waals surface area contributed by atoms with Crippen molar-refractivity contribution in [2.24, 2.45) is 5.73 Å². The summed E-state index contributed by atoms with van der Waals surface area (Å²) in [6, 6.07) is 0. The topological polar surface area (TPSA) is 95.9 Å². The summed E-state index contributed by atoms with van der Waals surface area (Å²) in [5, 5.41) is 26.8. The van der Waals surface area contributed by atoms with E-state index in [2.05, 4.69) is 0 Å². The molecule has 1 fully saturated rings. The maximum absolute atomic E-state index is 8.96. The zero-order valence-corrected chi connectivity index (χ0v) is 9.16. The fourth-order valence-electron chi connectivity index (χ4n) is 0.829. The Labute approximate surface area is 90.6 Å². The van der Waals surface area contributed by atoms with Crippen molar-refractivity contribution in [1.82, 2.24) is 0 Å². The number of hydrogen-bond acceptors (Lipinski definition) is 5. The summed E-state index contributed by atoms with van der Waals surface area (Å²) in [5.41, 5.74) is 5.19. The van der Waals surface area contributed by atoms with E-state index >= 15 is 0 Å². The maximum Gasteiger partial charge on any atom is 0.134 e. The minimum atomic E-state index is -1.19. The Bertz CT molecular complexity index is 116. The Kier molecular flexibility index (Phi) is 7.97. The van der Waals surface area contributed by atoms with Gasteiger partial charge in [0.2, 0.25) is 0 Å². The van der Waals surface area contributed by atoms with Crippen LogP contribution < -0.4 is 5.73 Å². The Morgan fingerprint density at radius 3 is 2.08 bits per heavy atom. The van der Waals surface area contributed by atoms with Gasteiger partial charge in [-0.05, 0) is 0 Å². The normalized spacial score (nSPS) is 41.0. The molecule has 1 aliphatic rings. The van der Waals surface area contributed by atoms with E-state index in [1.54, 1.807) is 0 Å². The molecule has 0 aromatic rings. The van der Waals surface area contributed by atoms with E-state index in [1.165, 1.54) is 0 Å². The van der Waals surface area contributed by atoms with E-state index in [4.69, 9.17) is 25.8 Å². The van der Waals surface area contributed by atoms with E-state index in [0.29, 0.717) is 0 Å². The number of aliphatic hydroxyl groups excluding tert-OH is 3. The van der Waals surface area contributed by atoms with Crippen LogP contribution in [0.25, 0.3) is 0 Å². The predicted octanol–water partition coefficient (Wildman–Crippen LogP) is -2.20. The molecule has 0 radical (unpaired) electrons. The number of ether oxygens (including phenoxy) is 1. The van der Waals surface area contributed by atoms with Gasteiger partial charge in [0.1, 0.15) is 24.5 Å². The van der Waals surface area contributed by atoms with Crippen LogP contribution in [0.1, 0.15) is 0 Å². The van der Waals surface area contributed by atoms with Gasteiger partial charge in [0.15, 0.2) is 0 Å². The van der Waals surface area contributed by atoms with Crippen molar-refractivity contribution in [3.63, 3.8) is 0 Å². The fourth-order valence-corrected chi connectivity index (χ4v) is 0.829. The van der Waals surface area contributed by atoms with Crippen LogP contribution in [0.5, 0.6) is 0 Å². The number of hydrogen-bond donors (Lipinski definition) is 4. The standard InChI is InChI=1S/C5H11NO4.ClH.Pt/c6-5-4(9)3(8)2(7)1-10-5;;/h2-5,7-9H,1,6H2;1H;/t2-,3+,4+,5+;;/m1../s1. The Morgan fingerprint density at radius 2 is 1.67 bits per heavy atom. The van der Waals surface area contributed by atoms with Gasteiger partial charge in [-0.25, -0.2) is 0 Å². The Balaban J connectivity index is 0. The summed E-state index contributed by atoms with van der Waals surface area (Å²) in [7, 11) is 0. The summed E-state index contributed by atoms with van der Waals surface area (Å²) in [5.74, 6) is 0. The van der Waals surface area contributed by atoms with Gasteiger partial charge in [-0.2, -0.15) is 0 Å². The van der Waals surface area contributed by atoms with Crippen LogP contribution in [0, 0.1) is 0 Å². The summed E-state index contributed by atoms with van der Waals surface area (Å²) in [4.78, 5) is 0. The van der Waals surface area contributed by atoms with Gasteiger partial charge in [-0.15, -0.1) is 12.4 Å². The molecule has 0 aromatic carbocycles. The second kappa shape index (κ2) is 6.27. The molecule has 0 aliphatic carbocycles. The van der Waals surface area contributed by atoms with Gasteiger partial charge in [-0.3, -0.25) is 0 Å². The number of halogens is 1. The average Bonchev–Trinajstić information content (AvgIpc) is 1.93. The molecule has 1 saturated heterocycles. The molecule has 1 rings (SSSR count). The van der Waals surface area contributed by atoms with Gasteiger partial charge in [-0.1, -0.05) is 0 Å². The van der Waals surface area contributed by atoms with Crippen molar-refractivity contribution in [2.75, 3.05) is 6.61 Å². The van der Waals surface area contributed by atoms with Gasteiger partial charge in [0.25, 0.3) is 0 Å². The van der Waals surface area contributed by atoms with Crippen LogP contribution in [0.4, 0.5) is 0 Å². The Hall–Kier alpha value is 0.778. The third-order valence-corrected chi connectivity index (χ3v) is 1.54. The molecule has 0 amide bonds. The minimum absolute atomic E-state index is 0. The molecule has 0 spiro atoms. The van der Waals surface area contributed by atoms with Crippen molar-refractivity contribution in [3.8, 4) is 0 Å². The zero-order valence-electron chi connectivity index (χ0n) is 6.07. The summed E-state index contributed by atoms with van der Waals surface area (Å²) in [6.07, 6.45) is -4.30. The van der Waals surface area contributed by atoms with E-state index < -0.39 is 24.5 Å². The van der Waals surface area contributed by atoms with Crippen LogP contribution in [0.2, 0.25) is 0 Å². The van der Waals surface area contributed by atoms with E-state index in [-0.39, 0.29) is 40.1 Å². The van der Waals surface area contributed by atoms with Gasteiger partial charge in [0.05, 0.1) is 6.61 Å². The van der Waals surface area contributed by atoms with E-state index in [0.717, 1.165) is 0 Å². The molecule has 5 N–H and O–H groups in total. The molecule has 1 aliphatic heterocycles. The molecule has 12 heavy (non-hydrogen) atoms. The third-order valence-electron chi connectivity index (χ3n) is 1.54. The number of nitrogens with two attached hydrogens (primary N) is 1. The van der Waals surface area contributed by atoms with Crippen molar-refractivity contribution in [2.45, 2.75) is 24.5 Å². The zero-order chi connectivity index (χ0) is 7.72. The molecule has 1 heterocycles. The SMILES string of the molecule is Cl.N[C@H]1OC[C@@H](O)[C@H](O)[C@@H]1O.[Pt]. The summed E-state index contributed by atoms with van der Waals surface area (Å²) < 4.78 is 4.69. The van der Waals surface area contributed by atoms with Crippen LogP contribution in [-0.2, 0) is 25.8 Å². The van der Waals surface area contributed by atoms with Crippen molar-refractivity contribution in [1.29, 1.82) is 0 Å². The van der Waals surface area contributed by atoms with Crippen molar-refractivity contribution >= 4 is 12.4 Å². The first-order valence-corrected chi connectivity index (χ1v) is 3.04. The minimum Gasteiger partial charge on any atom is -0.388 e. The van der Waals surface area contributed by atoms with Gasteiger partial charge >= 0.3 is 0 Å². The quantitative estimate of drug-likeness (QED) is 0.383. The molecular formula is C5H12ClNO4Pt. The van der Waals surface area contributed by atoms with Crippen LogP contribution in [0.3, 0.4) is 0 Å². The first-order valence-electron chi connectivity index (χ1n) is 3.04. The molecule has 78 valence electrons. The number of aliphatic hydroxyl groups is 3. The molecular weight excluding hydrogens is 369 g/mol. The largest absolute Gasteiger partial charge is 0.388 e. The second-order valence-electron chi connectivity index (χ2n) is 2.35. The molecule has 4 atom stereocenters. The summed E-state index contributed by atoms with van der Waals surface area (Å²) in [6.45, 7) is -0.0284. The van der Waals surface area contributed by atoms with E-state index in [9.17, 15) is 0 Å². The maximum atomic E-state index is 8.96. The molecule has 0 bridgehead atoms. The Morgan fingerprint density at radius 1 is 1.17 bits per heavy atom. The number of rotatable bonds is 0. The van der Waals surface area contributed by atoms with E-state index in [1.807, 2.05) is 0 Å². The van der Waals surface area contributed by atoms with Crippen LogP contribution in [0.15, 0.2) is 0 Å². The second-order valence-corrected chi connectivity index (χ2v) is 2.35. The third kappa shape index (κ3) is 3.26. The molecule has 5 nitrogen and oxygen atoms in total. The average molecular weight is 381 g/mol. The molecule has 0 saturated carbocycles. The first kappa shape index (κ1) is 15.3. The molecule has 0 unspecified atom stereocenters. The van der Waals surface area contributed by atoms with Gasteiger partial charge in [0, 0.05) is 21.1 Å². The van der Waals surface area contributed by atoms with Crippen molar-refractivity contribution in [3.05, 3.63) is 0 Å². The monoisotopic (exact) mass is 380 g/mol.